The maximum Gasteiger partial charge on any atom is 0.490 e. The Balaban J connectivity index is 0.000000360. The smallest absolute Gasteiger partial charge is 0.475 e. The number of benzene rings is 1. The Bertz CT molecular complexity index is 937. The molecule has 2 fully saturated rings. The lowest BCUT2D eigenvalue weighted by Gasteiger charge is -2.30. The van der Waals surface area contributed by atoms with Crippen LogP contribution in [0, 0.1) is 6.92 Å². The Morgan fingerprint density at radius 3 is 2.34 bits per heavy atom. The molecule has 174 valence electrons. The van der Waals surface area contributed by atoms with Gasteiger partial charge in [-0.3, -0.25) is 4.90 Å². The van der Waals surface area contributed by atoms with Gasteiger partial charge in [-0.25, -0.2) is 9.59 Å². The summed E-state index contributed by atoms with van der Waals surface area (Å²) in [5.74, 6) is -2.76. The van der Waals surface area contributed by atoms with Gasteiger partial charge >= 0.3 is 18.2 Å². The van der Waals surface area contributed by atoms with Crippen LogP contribution in [0.3, 0.4) is 0 Å². The van der Waals surface area contributed by atoms with Gasteiger partial charge in [-0.2, -0.15) is 24.5 Å². The van der Waals surface area contributed by atoms with Crippen molar-refractivity contribution in [2.75, 3.05) is 11.9 Å². The number of halogens is 3. The Morgan fingerprint density at radius 2 is 1.81 bits per heavy atom. The van der Waals surface area contributed by atoms with Crippen molar-refractivity contribution in [2.45, 2.75) is 57.0 Å². The normalized spacial score (nSPS) is 22.0. The molecule has 2 unspecified atom stereocenters. The first kappa shape index (κ1) is 24.1. The second-order valence-corrected chi connectivity index (χ2v) is 8.79. The van der Waals surface area contributed by atoms with E-state index in [1.54, 1.807) is 16.2 Å². The first-order valence-electron chi connectivity index (χ1n) is 10.2. The number of alkyl halides is 3. The molecule has 2 bridgehead atoms. The number of nitrogens with one attached hydrogen (secondary N) is 1. The van der Waals surface area contributed by atoms with Crippen molar-refractivity contribution in [3.63, 3.8) is 0 Å². The van der Waals surface area contributed by atoms with Crippen LogP contribution in [0.25, 0.3) is 11.1 Å². The van der Waals surface area contributed by atoms with Gasteiger partial charge in [0, 0.05) is 24.7 Å². The number of carbonyl (C=O) groups excluding carboxylic acids is 1. The summed E-state index contributed by atoms with van der Waals surface area (Å²) in [5.41, 5.74) is 4.24. The Hall–Kier alpha value is -2.59. The van der Waals surface area contributed by atoms with Crippen molar-refractivity contribution in [2.24, 2.45) is 0 Å². The zero-order valence-corrected chi connectivity index (χ0v) is 18.5. The molecule has 2 aliphatic rings. The number of aliphatic carboxylic acids is 1. The van der Waals surface area contributed by atoms with Crippen molar-refractivity contribution in [3.8, 4) is 11.1 Å². The quantitative estimate of drug-likeness (QED) is 0.644. The van der Waals surface area contributed by atoms with E-state index >= 15 is 0 Å². The minimum Gasteiger partial charge on any atom is -0.475 e. The fourth-order valence-electron chi connectivity index (χ4n) is 4.00. The van der Waals surface area contributed by atoms with Gasteiger partial charge in [-0.15, -0.1) is 0 Å². The molecule has 0 saturated carbocycles. The Morgan fingerprint density at radius 1 is 1.19 bits per heavy atom. The van der Waals surface area contributed by atoms with Gasteiger partial charge in [-0.1, -0.05) is 12.1 Å². The predicted octanol–water partition coefficient (Wildman–Crippen LogP) is 5.21. The molecule has 3 heterocycles. The van der Waals surface area contributed by atoms with Gasteiger partial charge < -0.3 is 15.2 Å². The van der Waals surface area contributed by atoms with Crippen LogP contribution in [-0.4, -0.2) is 48.6 Å². The highest BCUT2D eigenvalue weighted by atomic mass is 32.1. The molecule has 1 aromatic heterocycles. The van der Waals surface area contributed by atoms with E-state index in [0.29, 0.717) is 12.1 Å². The van der Waals surface area contributed by atoms with Crippen LogP contribution >= 0.6 is 11.3 Å². The third-order valence-corrected chi connectivity index (χ3v) is 6.24. The average molecular weight is 471 g/mol. The number of anilines is 1. The zero-order chi connectivity index (χ0) is 23.5. The molecule has 2 aliphatic heterocycles. The number of carboxylic acid groups (broad SMARTS) is 1. The molecule has 2 atom stereocenters. The second-order valence-electron chi connectivity index (χ2n) is 8.01. The average Bonchev–Trinajstić information content (AvgIpc) is 3.37. The highest BCUT2D eigenvalue weighted by Crippen LogP contribution is 2.34. The maximum absolute atomic E-state index is 12.8. The minimum atomic E-state index is -5.08. The third-order valence-electron chi connectivity index (χ3n) is 5.56. The summed E-state index contributed by atoms with van der Waals surface area (Å²) in [6.07, 6.45) is -1.04. The second kappa shape index (κ2) is 9.91. The lowest BCUT2D eigenvalue weighted by atomic mass is 10.0. The Kier molecular flexibility index (Phi) is 7.45. The highest BCUT2D eigenvalue weighted by Gasteiger charge is 2.38. The molecule has 32 heavy (non-hydrogen) atoms. The van der Waals surface area contributed by atoms with Gasteiger partial charge in [0.15, 0.2) is 0 Å². The molecule has 2 saturated heterocycles. The number of nitrogens with zero attached hydrogens (tertiary/aromatic N) is 1. The summed E-state index contributed by atoms with van der Waals surface area (Å²) < 4.78 is 37.6. The standard InChI is InChI=1S/C20H24N2O2S.C2HF3O2/c1-13-3-6-18(14-7-8-25-12-14)19(9-13)22(2)20(23)24-17-10-15-4-5-16(11-17)21-15;3-2(4,5)1(6)7/h3,6-9,12,15-17,21H,4-5,10-11H2,1-2H3;(H,6,7). The number of amides is 1. The summed E-state index contributed by atoms with van der Waals surface area (Å²) in [5, 5.41) is 14.9. The monoisotopic (exact) mass is 470 g/mol. The largest absolute Gasteiger partial charge is 0.490 e. The molecular weight excluding hydrogens is 445 g/mol. The van der Waals surface area contributed by atoms with E-state index in [-0.39, 0.29) is 12.2 Å². The number of aryl methyl sites for hydroxylation is 1. The van der Waals surface area contributed by atoms with Gasteiger partial charge in [0.05, 0.1) is 5.69 Å². The Labute approximate surface area is 188 Å². The molecule has 1 amide bonds. The summed E-state index contributed by atoms with van der Waals surface area (Å²) in [4.78, 5) is 23.3. The van der Waals surface area contributed by atoms with Crippen LogP contribution in [0.15, 0.2) is 35.0 Å². The number of ether oxygens (including phenoxy) is 1. The summed E-state index contributed by atoms with van der Waals surface area (Å²) in [6.45, 7) is 2.05. The van der Waals surface area contributed by atoms with Crippen molar-refractivity contribution in [1.29, 1.82) is 0 Å². The molecule has 6 nitrogen and oxygen atoms in total. The number of hydrogen-bond acceptors (Lipinski definition) is 5. The van der Waals surface area contributed by atoms with Crippen LogP contribution in [0.2, 0.25) is 0 Å². The SMILES string of the molecule is Cc1ccc(-c2ccsc2)c(N(C)C(=O)OC2CC3CCC(C2)N3)c1.O=C(O)C(F)(F)F. The predicted molar refractivity (Wildman–Crippen MR) is 116 cm³/mol. The fraction of sp³-hybridized carbons (Fsp3) is 0.455. The molecular formula is C22H25F3N2O4S. The van der Waals surface area contributed by atoms with Gasteiger partial charge in [-0.05, 0) is 66.6 Å². The van der Waals surface area contributed by atoms with E-state index in [9.17, 15) is 18.0 Å². The third kappa shape index (κ3) is 6.01. The van der Waals surface area contributed by atoms with Crippen molar-refractivity contribution in [1.82, 2.24) is 5.32 Å². The maximum atomic E-state index is 12.8. The first-order chi connectivity index (χ1) is 15.0. The van der Waals surface area contributed by atoms with Crippen molar-refractivity contribution >= 4 is 29.1 Å². The summed E-state index contributed by atoms with van der Waals surface area (Å²) in [7, 11) is 1.81. The molecule has 4 rings (SSSR count). The number of hydrogen-bond donors (Lipinski definition) is 2. The van der Waals surface area contributed by atoms with Crippen LogP contribution in [0.4, 0.5) is 23.7 Å². The summed E-state index contributed by atoms with van der Waals surface area (Å²) in [6, 6.07) is 9.34. The number of thiophene rings is 1. The van der Waals surface area contributed by atoms with E-state index in [0.717, 1.165) is 35.2 Å². The molecule has 0 aliphatic carbocycles. The lowest BCUT2D eigenvalue weighted by molar-refractivity contribution is -0.192. The van der Waals surface area contributed by atoms with Crippen LogP contribution in [0.5, 0.6) is 0 Å². The molecule has 1 aromatic carbocycles. The number of fused-ring (bicyclic) bond motifs is 2. The van der Waals surface area contributed by atoms with Crippen molar-refractivity contribution < 1.29 is 32.6 Å². The lowest BCUT2D eigenvalue weighted by Crippen LogP contribution is -2.43. The van der Waals surface area contributed by atoms with Crippen LogP contribution in [-0.2, 0) is 9.53 Å². The van der Waals surface area contributed by atoms with Crippen LogP contribution in [0.1, 0.15) is 31.2 Å². The van der Waals surface area contributed by atoms with Crippen molar-refractivity contribution in [3.05, 3.63) is 40.6 Å². The highest BCUT2D eigenvalue weighted by molar-refractivity contribution is 7.08. The zero-order valence-electron chi connectivity index (χ0n) is 17.7. The van der Waals surface area contributed by atoms with Gasteiger partial charge in [0.25, 0.3) is 0 Å². The van der Waals surface area contributed by atoms with Gasteiger partial charge in [0.2, 0.25) is 0 Å². The van der Waals surface area contributed by atoms with E-state index in [2.05, 4.69) is 40.3 Å². The summed E-state index contributed by atoms with van der Waals surface area (Å²) >= 11 is 1.66. The van der Waals surface area contributed by atoms with E-state index in [1.165, 1.54) is 12.8 Å². The number of piperidine rings is 1. The molecule has 2 aromatic rings. The molecule has 0 radical (unpaired) electrons. The minimum absolute atomic E-state index is 0.0307. The van der Waals surface area contributed by atoms with E-state index in [1.807, 2.05) is 14.0 Å². The topological polar surface area (TPSA) is 78.9 Å². The molecule has 10 heteroatoms. The van der Waals surface area contributed by atoms with Crippen LogP contribution < -0.4 is 10.2 Å². The number of carboxylic acids is 1. The number of carbonyl (C=O) groups is 2. The molecule has 0 spiro atoms. The molecule has 2 N–H and O–H groups in total. The first-order valence-corrected chi connectivity index (χ1v) is 11.1. The van der Waals surface area contributed by atoms with Gasteiger partial charge in [0.1, 0.15) is 6.10 Å². The fourth-order valence-corrected chi connectivity index (χ4v) is 4.66. The number of rotatable bonds is 3. The van der Waals surface area contributed by atoms with E-state index in [4.69, 9.17) is 14.6 Å². The van der Waals surface area contributed by atoms with E-state index < -0.39 is 12.1 Å².